The highest BCUT2D eigenvalue weighted by Gasteiger charge is 2.17. The topological polar surface area (TPSA) is 68.8 Å². The third-order valence-corrected chi connectivity index (χ3v) is 5.57. The standard InChI is InChI=1S/C23H39N5O/c1-4-5-14-25-22(29)21-12-10-20(11-13-21)18-27-23(24-3)26-15-8-17-28-16-7-6-9-19(28)2/h10-13,19H,4-9,14-18H2,1-3H3,(H,25,29)(H2,24,26,27). The van der Waals surface area contributed by atoms with Crippen molar-refractivity contribution in [2.45, 2.75) is 65.0 Å². The molecule has 6 heteroatoms. The zero-order valence-electron chi connectivity index (χ0n) is 18.5. The Morgan fingerprint density at radius 2 is 1.86 bits per heavy atom. The molecular weight excluding hydrogens is 362 g/mol. The first-order valence-corrected chi connectivity index (χ1v) is 11.2. The van der Waals surface area contributed by atoms with Crippen LogP contribution in [-0.4, -0.2) is 56.0 Å². The van der Waals surface area contributed by atoms with Crippen molar-refractivity contribution in [1.29, 1.82) is 0 Å². The molecule has 1 amide bonds. The molecule has 0 saturated carbocycles. The number of amides is 1. The van der Waals surface area contributed by atoms with Crippen LogP contribution in [0.1, 0.15) is 68.3 Å². The van der Waals surface area contributed by atoms with Gasteiger partial charge in [-0.05, 0) is 56.8 Å². The molecule has 0 aliphatic carbocycles. The fraction of sp³-hybridized carbons (Fsp3) is 0.652. The van der Waals surface area contributed by atoms with Gasteiger partial charge >= 0.3 is 0 Å². The maximum absolute atomic E-state index is 12.1. The van der Waals surface area contributed by atoms with Gasteiger partial charge in [0.15, 0.2) is 5.96 Å². The molecule has 1 fully saturated rings. The van der Waals surface area contributed by atoms with Gasteiger partial charge in [-0.15, -0.1) is 0 Å². The Hall–Kier alpha value is -2.08. The van der Waals surface area contributed by atoms with E-state index in [9.17, 15) is 4.79 Å². The average Bonchev–Trinajstić information content (AvgIpc) is 2.75. The third kappa shape index (κ3) is 8.44. The molecule has 1 aromatic carbocycles. The van der Waals surface area contributed by atoms with Crippen molar-refractivity contribution in [3.8, 4) is 0 Å². The molecule has 2 rings (SSSR count). The Morgan fingerprint density at radius 3 is 2.55 bits per heavy atom. The van der Waals surface area contributed by atoms with Crippen molar-refractivity contribution < 1.29 is 4.79 Å². The van der Waals surface area contributed by atoms with E-state index in [-0.39, 0.29) is 5.91 Å². The second-order valence-electron chi connectivity index (χ2n) is 7.89. The number of hydrogen-bond donors (Lipinski definition) is 3. The van der Waals surface area contributed by atoms with Gasteiger partial charge < -0.3 is 20.9 Å². The summed E-state index contributed by atoms with van der Waals surface area (Å²) in [4.78, 5) is 19.0. The molecule has 0 spiro atoms. The average molecular weight is 402 g/mol. The van der Waals surface area contributed by atoms with Gasteiger partial charge in [0.2, 0.25) is 0 Å². The molecule has 29 heavy (non-hydrogen) atoms. The number of benzene rings is 1. The number of piperidine rings is 1. The van der Waals surface area contributed by atoms with Crippen molar-refractivity contribution in [3.05, 3.63) is 35.4 Å². The predicted molar refractivity (Wildman–Crippen MR) is 121 cm³/mol. The fourth-order valence-corrected chi connectivity index (χ4v) is 3.64. The quantitative estimate of drug-likeness (QED) is 0.320. The second kappa shape index (κ2) is 13.2. The molecule has 3 N–H and O–H groups in total. The Kier molecular flexibility index (Phi) is 10.6. The molecule has 1 unspecified atom stereocenters. The minimum Gasteiger partial charge on any atom is -0.356 e. The summed E-state index contributed by atoms with van der Waals surface area (Å²) in [6.07, 6.45) is 7.24. The van der Waals surface area contributed by atoms with Gasteiger partial charge in [0, 0.05) is 44.8 Å². The Labute approximate surface area is 176 Å². The fourth-order valence-electron chi connectivity index (χ4n) is 3.64. The highest BCUT2D eigenvalue weighted by molar-refractivity contribution is 5.94. The lowest BCUT2D eigenvalue weighted by Crippen LogP contribution is -2.41. The first-order chi connectivity index (χ1) is 14.1. The van der Waals surface area contributed by atoms with Crippen LogP contribution in [0.5, 0.6) is 0 Å². The Morgan fingerprint density at radius 1 is 1.10 bits per heavy atom. The molecule has 1 atom stereocenters. The van der Waals surface area contributed by atoms with E-state index in [0.717, 1.165) is 56.5 Å². The van der Waals surface area contributed by atoms with Gasteiger partial charge in [0.25, 0.3) is 5.91 Å². The largest absolute Gasteiger partial charge is 0.356 e. The number of likely N-dealkylation sites (tertiary alicyclic amines) is 1. The summed E-state index contributed by atoms with van der Waals surface area (Å²) >= 11 is 0. The van der Waals surface area contributed by atoms with Gasteiger partial charge in [-0.3, -0.25) is 9.79 Å². The maximum atomic E-state index is 12.1. The zero-order chi connectivity index (χ0) is 20.9. The van der Waals surface area contributed by atoms with E-state index in [1.54, 1.807) is 7.05 Å². The lowest BCUT2D eigenvalue weighted by Gasteiger charge is -2.33. The molecule has 1 aromatic rings. The monoisotopic (exact) mass is 401 g/mol. The summed E-state index contributed by atoms with van der Waals surface area (Å²) in [6.45, 7) is 9.17. The van der Waals surface area contributed by atoms with Crippen LogP contribution in [0.25, 0.3) is 0 Å². The van der Waals surface area contributed by atoms with Crippen LogP contribution in [0.4, 0.5) is 0 Å². The van der Waals surface area contributed by atoms with E-state index in [2.05, 4.69) is 39.7 Å². The lowest BCUT2D eigenvalue weighted by molar-refractivity contribution is 0.0953. The van der Waals surface area contributed by atoms with E-state index >= 15 is 0 Å². The van der Waals surface area contributed by atoms with Crippen LogP contribution in [0.3, 0.4) is 0 Å². The number of unbranched alkanes of at least 4 members (excludes halogenated alkanes) is 1. The van der Waals surface area contributed by atoms with Gasteiger partial charge in [0.05, 0.1) is 0 Å². The second-order valence-corrected chi connectivity index (χ2v) is 7.89. The minimum absolute atomic E-state index is 0.00143. The number of hydrogen-bond acceptors (Lipinski definition) is 3. The van der Waals surface area contributed by atoms with E-state index in [1.165, 1.54) is 25.8 Å². The van der Waals surface area contributed by atoms with E-state index in [1.807, 2.05) is 24.3 Å². The van der Waals surface area contributed by atoms with Crippen LogP contribution < -0.4 is 16.0 Å². The molecule has 0 aromatic heterocycles. The van der Waals surface area contributed by atoms with Gasteiger partial charge in [-0.1, -0.05) is 31.9 Å². The van der Waals surface area contributed by atoms with Crippen LogP contribution >= 0.6 is 0 Å². The van der Waals surface area contributed by atoms with Gasteiger partial charge in [-0.25, -0.2) is 0 Å². The summed E-state index contributed by atoms with van der Waals surface area (Å²) in [5.41, 5.74) is 1.83. The normalized spacial score (nSPS) is 17.8. The minimum atomic E-state index is -0.00143. The number of rotatable bonds is 10. The first-order valence-electron chi connectivity index (χ1n) is 11.2. The van der Waals surface area contributed by atoms with E-state index in [4.69, 9.17) is 0 Å². The number of carbonyl (C=O) groups excluding carboxylic acids is 1. The summed E-state index contributed by atoms with van der Waals surface area (Å²) in [5, 5.41) is 9.70. The molecular formula is C23H39N5O. The van der Waals surface area contributed by atoms with Crippen molar-refractivity contribution in [2.24, 2.45) is 4.99 Å². The smallest absolute Gasteiger partial charge is 0.251 e. The molecule has 0 bridgehead atoms. The van der Waals surface area contributed by atoms with Crippen LogP contribution in [0, 0.1) is 0 Å². The highest BCUT2D eigenvalue weighted by Crippen LogP contribution is 2.16. The van der Waals surface area contributed by atoms with Gasteiger partial charge in [0.1, 0.15) is 0 Å². The molecule has 1 heterocycles. The number of nitrogens with zero attached hydrogens (tertiary/aromatic N) is 2. The number of nitrogens with one attached hydrogen (secondary N) is 3. The molecule has 6 nitrogen and oxygen atoms in total. The summed E-state index contributed by atoms with van der Waals surface area (Å²) in [7, 11) is 1.80. The number of guanidine groups is 1. The predicted octanol–water partition coefficient (Wildman–Crippen LogP) is 3.15. The summed E-state index contributed by atoms with van der Waals surface area (Å²) < 4.78 is 0. The Balaban J connectivity index is 1.67. The summed E-state index contributed by atoms with van der Waals surface area (Å²) in [6, 6.07) is 8.47. The Bertz CT molecular complexity index is 629. The number of aliphatic imine (C=N–C) groups is 1. The molecule has 162 valence electrons. The van der Waals surface area contributed by atoms with Crippen LogP contribution in [0.15, 0.2) is 29.3 Å². The van der Waals surface area contributed by atoms with Crippen molar-refractivity contribution in [2.75, 3.05) is 33.2 Å². The third-order valence-electron chi connectivity index (χ3n) is 5.57. The SMILES string of the molecule is CCCCNC(=O)c1ccc(CNC(=NC)NCCCN2CCCCC2C)cc1. The van der Waals surface area contributed by atoms with E-state index in [0.29, 0.717) is 12.1 Å². The zero-order valence-corrected chi connectivity index (χ0v) is 18.5. The molecule has 1 aliphatic heterocycles. The maximum Gasteiger partial charge on any atom is 0.251 e. The van der Waals surface area contributed by atoms with Crippen LogP contribution in [0.2, 0.25) is 0 Å². The highest BCUT2D eigenvalue weighted by atomic mass is 16.1. The van der Waals surface area contributed by atoms with Gasteiger partial charge in [-0.2, -0.15) is 0 Å². The molecule has 1 aliphatic rings. The lowest BCUT2D eigenvalue weighted by atomic mass is 10.0. The first kappa shape index (κ1) is 23.2. The molecule has 0 radical (unpaired) electrons. The van der Waals surface area contributed by atoms with Crippen molar-refractivity contribution >= 4 is 11.9 Å². The van der Waals surface area contributed by atoms with Crippen molar-refractivity contribution in [1.82, 2.24) is 20.9 Å². The van der Waals surface area contributed by atoms with Crippen LogP contribution in [-0.2, 0) is 6.54 Å². The van der Waals surface area contributed by atoms with Crippen molar-refractivity contribution in [3.63, 3.8) is 0 Å². The van der Waals surface area contributed by atoms with E-state index < -0.39 is 0 Å². The number of carbonyl (C=O) groups is 1. The summed E-state index contributed by atoms with van der Waals surface area (Å²) in [5.74, 6) is 0.816. The molecule has 1 saturated heterocycles.